The molecule has 3 N–H and O–H groups in total. The zero-order valence-corrected chi connectivity index (χ0v) is 11.8. The van der Waals surface area contributed by atoms with Gasteiger partial charge in [-0.2, -0.15) is 8.42 Å². The van der Waals surface area contributed by atoms with Crippen LogP contribution in [0.4, 0.5) is 0 Å². The minimum absolute atomic E-state index is 0.715. The summed E-state index contributed by atoms with van der Waals surface area (Å²) in [4.78, 5) is 2.20. The van der Waals surface area contributed by atoms with Gasteiger partial charge >= 0.3 is 0 Å². The lowest BCUT2D eigenvalue weighted by atomic mass is 10.2. The van der Waals surface area contributed by atoms with E-state index in [2.05, 4.69) is 29.6 Å². The monoisotopic (exact) mass is 267 g/mol. The first-order valence-corrected chi connectivity index (χ1v) is 7.65. The molecule has 1 aliphatic heterocycles. The van der Waals surface area contributed by atoms with Crippen molar-refractivity contribution in [1.29, 1.82) is 0 Å². The van der Waals surface area contributed by atoms with Crippen LogP contribution in [0.2, 0.25) is 0 Å². The molecule has 0 aromatic rings. The average Bonchev–Trinajstić information content (AvgIpc) is 2.61. The zero-order chi connectivity index (χ0) is 13.3. The summed E-state index contributed by atoms with van der Waals surface area (Å²) in [5.74, 6) is 0. The van der Waals surface area contributed by atoms with Gasteiger partial charge in [0.25, 0.3) is 10.1 Å². The van der Waals surface area contributed by atoms with Gasteiger partial charge in [-0.25, -0.2) is 0 Å². The molecule has 6 nitrogen and oxygen atoms in total. The quantitative estimate of drug-likeness (QED) is 0.455. The Morgan fingerprint density at radius 1 is 1.47 bits per heavy atom. The van der Waals surface area contributed by atoms with E-state index in [0.717, 1.165) is 25.7 Å². The molecule has 1 atom stereocenters. The van der Waals surface area contributed by atoms with Crippen LogP contribution in [0.1, 0.15) is 12.8 Å². The van der Waals surface area contributed by atoms with Crippen molar-refractivity contribution < 1.29 is 13.0 Å². The third-order valence-electron chi connectivity index (χ3n) is 2.29. The Hall–Kier alpha value is -0.210. The molecule has 0 amide bonds. The van der Waals surface area contributed by atoms with E-state index in [9.17, 15) is 8.42 Å². The smallest absolute Gasteiger partial charge is 0.261 e. The molecule has 17 heavy (non-hydrogen) atoms. The van der Waals surface area contributed by atoms with Crippen LogP contribution in [0.15, 0.2) is 0 Å². The lowest BCUT2D eigenvalue weighted by molar-refractivity contribution is 0.393. The number of hydrogen-bond acceptors (Lipinski definition) is 5. The van der Waals surface area contributed by atoms with Crippen LogP contribution in [0.25, 0.3) is 0 Å². The summed E-state index contributed by atoms with van der Waals surface area (Å²) in [7, 11) is 0.547. The Labute approximate surface area is 105 Å². The molecule has 0 bridgehead atoms. The van der Waals surface area contributed by atoms with Gasteiger partial charge in [-0.15, -0.1) is 0 Å². The van der Waals surface area contributed by atoms with Crippen molar-refractivity contribution in [3.63, 3.8) is 0 Å². The Balaban J connectivity index is 0.000000437. The maximum absolute atomic E-state index is 9.19. The summed E-state index contributed by atoms with van der Waals surface area (Å²) in [5.41, 5.74) is 0. The Morgan fingerprint density at radius 2 is 2.06 bits per heavy atom. The second-order valence-electron chi connectivity index (χ2n) is 4.53. The van der Waals surface area contributed by atoms with Crippen LogP contribution in [0, 0.1) is 0 Å². The molecule has 1 aliphatic rings. The van der Waals surface area contributed by atoms with Gasteiger partial charge in [-0.05, 0) is 33.5 Å². The molecule has 0 saturated carbocycles. The van der Waals surface area contributed by atoms with E-state index in [0.29, 0.717) is 6.26 Å². The van der Waals surface area contributed by atoms with E-state index in [4.69, 9.17) is 4.55 Å². The normalized spacial score (nSPS) is 20.2. The van der Waals surface area contributed by atoms with E-state index >= 15 is 0 Å². The summed E-state index contributed by atoms with van der Waals surface area (Å²) < 4.78 is 25.9. The van der Waals surface area contributed by atoms with E-state index < -0.39 is 10.1 Å². The molecule has 1 rings (SSSR count). The number of likely N-dealkylation sites (N-methyl/N-ethyl adjacent to an activating group) is 1. The molecule has 0 radical (unpaired) electrons. The third-order valence-corrected chi connectivity index (χ3v) is 2.29. The minimum atomic E-state index is -3.67. The molecular weight excluding hydrogens is 242 g/mol. The molecule has 1 heterocycles. The fourth-order valence-electron chi connectivity index (χ4n) is 1.51. The minimum Gasteiger partial charge on any atom is -0.314 e. The van der Waals surface area contributed by atoms with Gasteiger partial charge in [0.1, 0.15) is 0 Å². The number of nitrogens with one attached hydrogen (secondary N) is 2. The third kappa shape index (κ3) is 15.8. The fraction of sp³-hybridized carbons (Fsp3) is 1.00. The number of nitrogens with zero attached hydrogens (tertiary/aromatic N) is 1. The number of rotatable bonds is 5. The molecule has 7 heteroatoms. The molecule has 0 unspecified atom stereocenters. The van der Waals surface area contributed by atoms with Crippen LogP contribution in [0.5, 0.6) is 0 Å². The summed E-state index contributed by atoms with van der Waals surface area (Å²) >= 11 is 0. The summed E-state index contributed by atoms with van der Waals surface area (Å²) in [6, 6.07) is 0.729. The molecule has 0 spiro atoms. The van der Waals surface area contributed by atoms with Crippen LogP contribution in [0.3, 0.4) is 0 Å². The van der Waals surface area contributed by atoms with Crippen molar-refractivity contribution in [1.82, 2.24) is 15.5 Å². The van der Waals surface area contributed by atoms with E-state index in [1.54, 1.807) is 0 Å². The molecule has 0 aliphatic carbocycles. The highest BCUT2D eigenvalue weighted by atomic mass is 32.2. The molecule has 0 aromatic carbocycles. The first-order chi connectivity index (χ1) is 7.79. The molecule has 104 valence electrons. The van der Waals surface area contributed by atoms with E-state index in [1.165, 1.54) is 19.4 Å². The van der Waals surface area contributed by atoms with Crippen molar-refractivity contribution in [3.8, 4) is 0 Å². The first kappa shape index (κ1) is 16.8. The highest BCUT2D eigenvalue weighted by Crippen LogP contribution is 2.02. The van der Waals surface area contributed by atoms with Crippen LogP contribution < -0.4 is 10.6 Å². The van der Waals surface area contributed by atoms with Crippen molar-refractivity contribution >= 4 is 10.1 Å². The second-order valence-corrected chi connectivity index (χ2v) is 6.00. The lowest BCUT2D eigenvalue weighted by Gasteiger charge is -2.13. The highest BCUT2D eigenvalue weighted by Gasteiger charge is 2.12. The first-order valence-electron chi connectivity index (χ1n) is 5.80. The van der Waals surface area contributed by atoms with Crippen molar-refractivity contribution in [3.05, 3.63) is 0 Å². The van der Waals surface area contributed by atoms with Crippen LogP contribution in [-0.4, -0.2) is 70.4 Å². The van der Waals surface area contributed by atoms with Gasteiger partial charge in [-0.1, -0.05) is 0 Å². The predicted molar refractivity (Wildman–Crippen MR) is 69.9 cm³/mol. The van der Waals surface area contributed by atoms with Crippen molar-refractivity contribution in [2.75, 3.05) is 46.5 Å². The Morgan fingerprint density at radius 3 is 2.47 bits per heavy atom. The van der Waals surface area contributed by atoms with Crippen LogP contribution in [-0.2, 0) is 10.1 Å². The van der Waals surface area contributed by atoms with Gasteiger partial charge in [0.15, 0.2) is 0 Å². The second kappa shape index (κ2) is 8.82. The maximum Gasteiger partial charge on any atom is 0.261 e. The Kier molecular flexibility index (Phi) is 8.71. The van der Waals surface area contributed by atoms with Gasteiger partial charge in [0.2, 0.25) is 0 Å². The number of hydrogen-bond donors (Lipinski definition) is 3. The van der Waals surface area contributed by atoms with Crippen molar-refractivity contribution in [2.45, 2.75) is 18.9 Å². The molecule has 1 saturated heterocycles. The lowest BCUT2D eigenvalue weighted by Crippen LogP contribution is -2.36. The summed E-state index contributed by atoms with van der Waals surface area (Å²) in [6.45, 7) is 4.58. The van der Waals surface area contributed by atoms with Gasteiger partial charge in [0, 0.05) is 25.7 Å². The summed E-state index contributed by atoms with van der Waals surface area (Å²) in [5, 5.41) is 6.92. The highest BCUT2D eigenvalue weighted by molar-refractivity contribution is 7.85. The zero-order valence-electron chi connectivity index (χ0n) is 10.9. The topological polar surface area (TPSA) is 81.7 Å². The predicted octanol–water partition coefficient (Wildman–Crippen LogP) is -0.606. The average molecular weight is 267 g/mol. The standard InChI is InChI=1S/C9H21N3.CH4O3S/c1-12(2)7-6-10-8-9-4-3-5-11-9;1-5(2,3)4/h9-11H,3-8H2,1-2H3;1H3,(H,2,3,4)/t9-;/m0./s1. The largest absolute Gasteiger partial charge is 0.314 e. The van der Waals surface area contributed by atoms with Gasteiger partial charge < -0.3 is 15.5 Å². The fourth-order valence-corrected chi connectivity index (χ4v) is 1.51. The maximum atomic E-state index is 9.19. The van der Waals surface area contributed by atoms with Gasteiger partial charge in [0.05, 0.1) is 6.26 Å². The van der Waals surface area contributed by atoms with Crippen LogP contribution >= 0.6 is 0 Å². The van der Waals surface area contributed by atoms with Crippen molar-refractivity contribution in [2.24, 2.45) is 0 Å². The summed E-state index contributed by atoms with van der Waals surface area (Å²) in [6.07, 6.45) is 3.40. The Bertz CT molecular complexity index is 267. The molecule has 0 aromatic heterocycles. The van der Waals surface area contributed by atoms with E-state index in [-0.39, 0.29) is 0 Å². The molecule has 1 fully saturated rings. The SMILES string of the molecule is CN(C)CCNC[C@@H]1CCCN1.CS(=O)(=O)O. The van der Waals surface area contributed by atoms with E-state index in [1.807, 2.05) is 0 Å². The van der Waals surface area contributed by atoms with Gasteiger partial charge in [-0.3, -0.25) is 4.55 Å². The molecular formula is C10H25N3O3S.